The smallest absolute Gasteiger partial charge is 0.247 e. The van der Waals surface area contributed by atoms with E-state index >= 15 is 0 Å². The van der Waals surface area contributed by atoms with Gasteiger partial charge in [-0.2, -0.15) is 4.31 Å². The average molecular weight is 431 g/mol. The highest BCUT2D eigenvalue weighted by atomic mass is 35.5. The normalized spacial score (nSPS) is 20.7. The van der Waals surface area contributed by atoms with Crippen LogP contribution in [0.3, 0.4) is 0 Å². The Balaban J connectivity index is 1.95. The summed E-state index contributed by atoms with van der Waals surface area (Å²) in [5.74, 6) is -1.53. The van der Waals surface area contributed by atoms with Crippen molar-refractivity contribution < 1.29 is 22.8 Å². The second-order valence-electron chi connectivity index (χ2n) is 6.84. The summed E-state index contributed by atoms with van der Waals surface area (Å²) >= 11 is 5.80. The van der Waals surface area contributed by atoms with Gasteiger partial charge in [-0.3, -0.25) is 14.4 Å². The molecule has 1 aromatic carbocycles. The summed E-state index contributed by atoms with van der Waals surface area (Å²) in [5, 5.41) is 5.72. The third-order valence-corrected chi connectivity index (χ3v) is 6.13. The molecule has 1 aromatic rings. The number of hydrogen-bond donors (Lipinski definition) is 2. The van der Waals surface area contributed by atoms with Gasteiger partial charge in [-0.15, -0.1) is 0 Å². The van der Waals surface area contributed by atoms with Gasteiger partial charge < -0.3 is 15.5 Å². The molecule has 1 aliphatic heterocycles. The van der Waals surface area contributed by atoms with Crippen molar-refractivity contribution in [2.75, 3.05) is 32.9 Å². The number of rotatable bonds is 6. The summed E-state index contributed by atoms with van der Waals surface area (Å²) in [6.07, 6.45) is 0.980. The molecule has 1 saturated heterocycles. The number of piperazine rings is 1. The predicted molar refractivity (Wildman–Crippen MR) is 104 cm³/mol. The minimum absolute atomic E-state index is 0.188. The van der Waals surface area contributed by atoms with Gasteiger partial charge in [-0.1, -0.05) is 23.7 Å². The van der Waals surface area contributed by atoms with Gasteiger partial charge in [0, 0.05) is 25.2 Å². The first-order valence-electron chi connectivity index (χ1n) is 8.45. The van der Waals surface area contributed by atoms with Crippen molar-refractivity contribution in [1.82, 2.24) is 19.8 Å². The Morgan fingerprint density at radius 3 is 2.39 bits per heavy atom. The molecule has 0 aliphatic carbocycles. The fourth-order valence-corrected chi connectivity index (χ4v) is 3.67. The first kappa shape index (κ1) is 22.1. The van der Waals surface area contributed by atoms with Crippen molar-refractivity contribution in [1.29, 1.82) is 0 Å². The molecule has 9 nitrogen and oxygen atoms in total. The van der Waals surface area contributed by atoms with Crippen LogP contribution >= 0.6 is 11.6 Å². The number of nitrogens with one attached hydrogen (secondary N) is 2. The molecular formula is C17H23ClN4O5S. The van der Waals surface area contributed by atoms with Crippen LogP contribution in [0.2, 0.25) is 5.02 Å². The maximum atomic E-state index is 12.6. The second kappa shape index (κ2) is 8.46. The lowest BCUT2D eigenvalue weighted by Gasteiger charge is -2.44. The lowest BCUT2D eigenvalue weighted by molar-refractivity contribution is -0.150. The Kier molecular flexibility index (Phi) is 6.68. The molecule has 28 heavy (non-hydrogen) atoms. The van der Waals surface area contributed by atoms with E-state index in [-0.39, 0.29) is 26.2 Å². The quantitative estimate of drug-likeness (QED) is 0.635. The largest absolute Gasteiger partial charge is 0.350 e. The molecule has 1 aliphatic rings. The number of sulfonamides is 1. The molecule has 0 aromatic heterocycles. The molecular weight excluding hydrogens is 408 g/mol. The number of hydrogen-bond acceptors (Lipinski definition) is 5. The summed E-state index contributed by atoms with van der Waals surface area (Å²) < 4.78 is 24.6. The molecule has 11 heteroatoms. The zero-order valence-corrected chi connectivity index (χ0v) is 17.4. The molecule has 1 fully saturated rings. The van der Waals surface area contributed by atoms with Crippen molar-refractivity contribution >= 4 is 39.3 Å². The number of carbonyl (C=O) groups is 3. The Morgan fingerprint density at radius 1 is 1.21 bits per heavy atom. The van der Waals surface area contributed by atoms with Gasteiger partial charge in [0.1, 0.15) is 5.54 Å². The van der Waals surface area contributed by atoms with Gasteiger partial charge in [0.25, 0.3) is 0 Å². The fourth-order valence-electron chi connectivity index (χ4n) is 2.71. The summed E-state index contributed by atoms with van der Waals surface area (Å²) in [7, 11) is -2.21. The summed E-state index contributed by atoms with van der Waals surface area (Å²) in [4.78, 5) is 38.0. The van der Waals surface area contributed by atoms with Crippen molar-refractivity contribution in [3.63, 3.8) is 0 Å². The number of nitrogens with zero attached hydrogens (tertiary/aromatic N) is 2. The molecule has 1 atom stereocenters. The van der Waals surface area contributed by atoms with E-state index in [2.05, 4.69) is 10.6 Å². The zero-order chi connectivity index (χ0) is 21.1. The van der Waals surface area contributed by atoms with E-state index in [1.165, 1.54) is 18.9 Å². The van der Waals surface area contributed by atoms with Crippen LogP contribution in [0.15, 0.2) is 24.3 Å². The van der Waals surface area contributed by atoms with Crippen LogP contribution in [0.25, 0.3) is 0 Å². The SMILES string of the molecule is CN1C(=O)CN(S(C)(=O)=O)CC1(C)C(=O)NCC(=O)NCc1ccc(Cl)cc1. The van der Waals surface area contributed by atoms with E-state index in [4.69, 9.17) is 11.6 Å². The zero-order valence-electron chi connectivity index (χ0n) is 15.9. The Hall–Kier alpha value is -2.17. The highest BCUT2D eigenvalue weighted by Crippen LogP contribution is 2.22. The van der Waals surface area contributed by atoms with Crippen LogP contribution in [-0.4, -0.2) is 73.8 Å². The monoisotopic (exact) mass is 430 g/mol. The lowest BCUT2D eigenvalue weighted by Crippen LogP contribution is -2.68. The molecule has 1 heterocycles. The molecule has 2 rings (SSSR count). The minimum Gasteiger partial charge on any atom is -0.350 e. The van der Waals surface area contributed by atoms with Gasteiger partial charge in [0.2, 0.25) is 27.7 Å². The highest BCUT2D eigenvalue weighted by molar-refractivity contribution is 7.88. The van der Waals surface area contributed by atoms with Gasteiger partial charge in [-0.05, 0) is 24.6 Å². The standard InChI is InChI=1S/C17H23ClN4O5S/c1-17(11-22(28(3,26)27)10-15(24)21(17)2)16(25)20-9-14(23)19-8-12-4-6-13(18)7-5-12/h4-7H,8-11H2,1-3H3,(H,19,23)(H,20,25). The van der Waals surface area contributed by atoms with Crippen LogP contribution in [0.4, 0.5) is 0 Å². The van der Waals surface area contributed by atoms with E-state index in [1.807, 2.05) is 0 Å². The molecule has 0 radical (unpaired) electrons. The Bertz CT molecular complexity index is 874. The van der Waals surface area contributed by atoms with E-state index in [1.54, 1.807) is 24.3 Å². The van der Waals surface area contributed by atoms with Crippen LogP contribution in [0.5, 0.6) is 0 Å². The molecule has 1 unspecified atom stereocenters. The summed E-state index contributed by atoms with van der Waals surface area (Å²) in [5.41, 5.74) is -0.577. The fraction of sp³-hybridized carbons (Fsp3) is 0.471. The first-order valence-corrected chi connectivity index (χ1v) is 10.7. The summed E-state index contributed by atoms with van der Waals surface area (Å²) in [6.45, 7) is 0.918. The van der Waals surface area contributed by atoms with Crippen LogP contribution in [-0.2, 0) is 31.0 Å². The second-order valence-corrected chi connectivity index (χ2v) is 9.26. The third kappa shape index (κ3) is 5.21. The maximum Gasteiger partial charge on any atom is 0.247 e. The van der Waals surface area contributed by atoms with Crippen LogP contribution in [0, 0.1) is 0 Å². The number of likely N-dealkylation sites (N-methyl/N-ethyl adjacent to an activating group) is 1. The molecule has 0 spiro atoms. The average Bonchev–Trinajstić information content (AvgIpc) is 2.62. The van der Waals surface area contributed by atoms with Gasteiger partial charge in [0.15, 0.2) is 0 Å². The van der Waals surface area contributed by atoms with Gasteiger partial charge in [0.05, 0.1) is 19.3 Å². The van der Waals surface area contributed by atoms with Crippen molar-refractivity contribution in [2.45, 2.75) is 19.0 Å². The summed E-state index contributed by atoms with van der Waals surface area (Å²) in [6, 6.07) is 6.94. The van der Waals surface area contributed by atoms with E-state index in [0.717, 1.165) is 16.1 Å². The number of halogens is 1. The minimum atomic E-state index is -3.64. The molecule has 3 amide bonds. The van der Waals surface area contributed by atoms with Crippen molar-refractivity contribution in [3.8, 4) is 0 Å². The molecule has 0 saturated carbocycles. The van der Waals surface area contributed by atoms with Gasteiger partial charge >= 0.3 is 0 Å². The van der Waals surface area contributed by atoms with Crippen LogP contribution in [0.1, 0.15) is 12.5 Å². The Labute approximate surface area is 169 Å². The predicted octanol–water partition coefficient (Wildman–Crippen LogP) is -0.435. The van der Waals surface area contributed by atoms with Gasteiger partial charge in [-0.25, -0.2) is 8.42 Å². The number of carbonyl (C=O) groups excluding carboxylic acids is 3. The topological polar surface area (TPSA) is 116 Å². The number of amides is 3. The molecule has 2 N–H and O–H groups in total. The van der Waals surface area contributed by atoms with Crippen molar-refractivity contribution in [2.24, 2.45) is 0 Å². The van der Waals surface area contributed by atoms with Crippen molar-refractivity contribution in [3.05, 3.63) is 34.9 Å². The molecule has 154 valence electrons. The Morgan fingerprint density at radius 2 is 1.82 bits per heavy atom. The molecule has 0 bridgehead atoms. The maximum absolute atomic E-state index is 12.6. The van der Waals surface area contributed by atoms with Crippen LogP contribution < -0.4 is 10.6 Å². The third-order valence-electron chi connectivity index (χ3n) is 4.68. The van der Waals surface area contributed by atoms with E-state index in [0.29, 0.717) is 5.02 Å². The number of benzene rings is 1. The first-order chi connectivity index (χ1) is 12.9. The highest BCUT2D eigenvalue weighted by Gasteiger charge is 2.47. The lowest BCUT2D eigenvalue weighted by atomic mass is 9.96. The van der Waals surface area contributed by atoms with E-state index < -0.39 is 33.3 Å². The van der Waals surface area contributed by atoms with E-state index in [9.17, 15) is 22.8 Å².